The number of hydrogen-bond donors (Lipinski definition) is 0. The van der Waals surface area contributed by atoms with Gasteiger partial charge in [0, 0.05) is 7.11 Å². The maximum absolute atomic E-state index is 5.51. The summed E-state index contributed by atoms with van der Waals surface area (Å²) in [5.41, 5.74) is 2.72. The lowest BCUT2D eigenvalue weighted by Gasteiger charge is -2.09. The molecular formula is C21H30O2. The van der Waals surface area contributed by atoms with E-state index in [2.05, 4.69) is 64.1 Å². The Bertz CT molecular complexity index is 533. The molecule has 0 saturated carbocycles. The summed E-state index contributed by atoms with van der Waals surface area (Å²) in [4.78, 5) is 0. The zero-order valence-electron chi connectivity index (χ0n) is 15.1. The molecule has 0 atom stereocenters. The zero-order chi connectivity index (χ0) is 17.1. The summed E-state index contributed by atoms with van der Waals surface area (Å²) < 4.78 is 10.4. The Hall–Kier alpha value is -1.80. The van der Waals surface area contributed by atoms with Crippen LogP contribution in [-0.4, -0.2) is 20.3 Å². The van der Waals surface area contributed by atoms with Gasteiger partial charge in [0.1, 0.15) is 12.4 Å². The molecule has 0 aliphatic heterocycles. The fourth-order valence-corrected chi connectivity index (χ4v) is 2.04. The van der Waals surface area contributed by atoms with Gasteiger partial charge in [-0.05, 0) is 35.1 Å². The van der Waals surface area contributed by atoms with E-state index in [1.165, 1.54) is 11.1 Å². The van der Waals surface area contributed by atoms with Crippen LogP contribution >= 0.6 is 0 Å². The van der Waals surface area contributed by atoms with Crippen LogP contribution in [0.1, 0.15) is 50.7 Å². The Morgan fingerprint density at radius 2 is 1.35 bits per heavy atom. The van der Waals surface area contributed by atoms with Gasteiger partial charge in [0.05, 0.1) is 6.61 Å². The summed E-state index contributed by atoms with van der Waals surface area (Å²) in [6, 6.07) is 18.7. The van der Waals surface area contributed by atoms with E-state index in [9.17, 15) is 0 Å². The summed E-state index contributed by atoms with van der Waals surface area (Å²) in [6.07, 6.45) is 0. The van der Waals surface area contributed by atoms with Crippen LogP contribution in [0.5, 0.6) is 5.75 Å². The highest BCUT2D eigenvalue weighted by atomic mass is 16.5. The summed E-state index contributed by atoms with van der Waals surface area (Å²) in [7, 11) is 1.67. The van der Waals surface area contributed by atoms with Crippen LogP contribution in [-0.2, 0) is 4.74 Å². The lowest BCUT2D eigenvalue weighted by atomic mass is 10.0. The van der Waals surface area contributed by atoms with Gasteiger partial charge in [-0.3, -0.25) is 0 Å². The van der Waals surface area contributed by atoms with Crippen LogP contribution in [0.2, 0.25) is 0 Å². The molecule has 0 heterocycles. The Morgan fingerprint density at radius 1 is 0.739 bits per heavy atom. The molecule has 2 rings (SSSR count). The van der Waals surface area contributed by atoms with Crippen LogP contribution in [0.3, 0.4) is 0 Å². The molecule has 0 saturated heterocycles. The molecule has 2 heteroatoms. The van der Waals surface area contributed by atoms with Crippen LogP contribution in [0.4, 0.5) is 0 Å². The normalized spacial score (nSPS) is 10.4. The van der Waals surface area contributed by atoms with Crippen molar-refractivity contribution >= 4 is 0 Å². The molecule has 0 fully saturated rings. The monoisotopic (exact) mass is 314 g/mol. The van der Waals surface area contributed by atoms with Crippen LogP contribution < -0.4 is 4.74 Å². The van der Waals surface area contributed by atoms with Crippen molar-refractivity contribution in [3.63, 3.8) is 0 Å². The third-order valence-electron chi connectivity index (χ3n) is 3.55. The first kappa shape index (κ1) is 19.2. The predicted octanol–water partition coefficient (Wildman–Crippen LogP) is 5.65. The van der Waals surface area contributed by atoms with Crippen molar-refractivity contribution in [2.75, 3.05) is 20.3 Å². The Balaban J connectivity index is 0.000000253. The van der Waals surface area contributed by atoms with Crippen molar-refractivity contribution in [2.24, 2.45) is 0 Å². The van der Waals surface area contributed by atoms with Gasteiger partial charge in [-0.25, -0.2) is 0 Å². The standard InChI is InChI=1S/C12H18O2.C9H12/c1-10(2)11-5-4-6-12(9-11)14-8-7-13-3;1-8(2)9-6-4-3-5-7-9/h4-6,9-10H,7-8H2,1-3H3;3-8H,1-2H3. The molecule has 126 valence electrons. The van der Waals surface area contributed by atoms with Gasteiger partial charge in [0.15, 0.2) is 0 Å². The average Bonchev–Trinajstić information content (AvgIpc) is 2.57. The maximum atomic E-state index is 5.51. The highest BCUT2D eigenvalue weighted by Crippen LogP contribution is 2.19. The van der Waals surface area contributed by atoms with Crippen molar-refractivity contribution in [2.45, 2.75) is 39.5 Å². The second kappa shape index (κ2) is 10.8. The van der Waals surface area contributed by atoms with Crippen LogP contribution in [0, 0.1) is 0 Å². The van der Waals surface area contributed by atoms with E-state index in [0.29, 0.717) is 25.0 Å². The van der Waals surface area contributed by atoms with Gasteiger partial charge in [-0.1, -0.05) is 70.2 Å². The lowest BCUT2D eigenvalue weighted by molar-refractivity contribution is 0.146. The second-order valence-corrected chi connectivity index (χ2v) is 6.13. The number of methoxy groups -OCH3 is 1. The molecule has 0 N–H and O–H groups in total. The zero-order valence-corrected chi connectivity index (χ0v) is 15.1. The average molecular weight is 314 g/mol. The third kappa shape index (κ3) is 7.85. The topological polar surface area (TPSA) is 18.5 Å². The molecule has 2 aromatic carbocycles. The SMILES string of the molecule is CC(C)c1ccccc1.COCCOc1cccc(C(C)C)c1. The molecule has 0 spiro atoms. The Labute approximate surface area is 141 Å². The van der Waals surface area contributed by atoms with Gasteiger partial charge in [-0.2, -0.15) is 0 Å². The van der Waals surface area contributed by atoms with E-state index >= 15 is 0 Å². The first-order valence-corrected chi connectivity index (χ1v) is 8.31. The fourth-order valence-electron chi connectivity index (χ4n) is 2.04. The van der Waals surface area contributed by atoms with E-state index in [-0.39, 0.29) is 0 Å². The number of hydrogen-bond acceptors (Lipinski definition) is 2. The van der Waals surface area contributed by atoms with Crippen molar-refractivity contribution in [1.82, 2.24) is 0 Å². The van der Waals surface area contributed by atoms with Crippen molar-refractivity contribution in [1.29, 1.82) is 0 Å². The third-order valence-corrected chi connectivity index (χ3v) is 3.55. The van der Waals surface area contributed by atoms with E-state index < -0.39 is 0 Å². The second-order valence-electron chi connectivity index (χ2n) is 6.13. The van der Waals surface area contributed by atoms with Crippen LogP contribution in [0.15, 0.2) is 54.6 Å². The van der Waals surface area contributed by atoms with Gasteiger partial charge < -0.3 is 9.47 Å². The molecular weight excluding hydrogens is 284 g/mol. The van der Waals surface area contributed by atoms with E-state index in [1.807, 2.05) is 18.2 Å². The summed E-state index contributed by atoms with van der Waals surface area (Å²) >= 11 is 0. The molecule has 0 amide bonds. The number of ether oxygens (including phenoxy) is 2. The highest BCUT2D eigenvalue weighted by Gasteiger charge is 2.00. The first-order chi connectivity index (χ1) is 11.0. The van der Waals surface area contributed by atoms with Crippen LogP contribution in [0.25, 0.3) is 0 Å². The van der Waals surface area contributed by atoms with Gasteiger partial charge in [-0.15, -0.1) is 0 Å². The molecule has 0 aromatic heterocycles. The molecule has 2 nitrogen and oxygen atoms in total. The summed E-state index contributed by atoms with van der Waals surface area (Å²) in [5, 5.41) is 0. The Kier molecular flexibility index (Phi) is 9.08. The number of rotatable bonds is 6. The summed E-state index contributed by atoms with van der Waals surface area (Å²) in [5.74, 6) is 2.13. The largest absolute Gasteiger partial charge is 0.491 e. The smallest absolute Gasteiger partial charge is 0.119 e. The molecule has 0 bridgehead atoms. The number of benzene rings is 2. The molecule has 23 heavy (non-hydrogen) atoms. The molecule has 0 aliphatic carbocycles. The minimum atomic E-state index is 0.543. The van der Waals surface area contributed by atoms with Gasteiger partial charge >= 0.3 is 0 Å². The quantitative estimate of drug-likeness (QED) is 0.642. The maximum Gasteiger partial charge on any atom is 0.119 e. The lowest BCUT2D eigenvalue weighted by Crippen LogP contribution is -2.04. The Morgan fingerprint density at radius 3 is 1.87 bits per heavy atom. The molecule has 0 radical (unpaired) electrons. The van der Waals surface area contributed by atoms with E-state index in [0.717, 1.165) is 5.75 Å². The minimum absolute atomic E-state index is 0.543. The van der Waals surface area contributed by atoms with Crippen molar-refractivity contribution < 1.29 is 9.47 Å². The molecule has 2 aromatic rings. The fraction of sp³-hybridized carbons (Fsp3) is 0.429. The van der Waals surface area contributed by atoms with Gasteiger partial charge in [0.2, 0.25) is 0 Å². The van der Waals surface area contributed by atoms with Crippen molar-refractivity contribution in [3.8, 4) is 5.75 Å². The molecule has 0 unspecified atom stereocenters. The van der Waals surface area contributed by atoms with E-state index in [1.54, 1.807) is 7.11 Å². The van der Waals surface area contributed by atoms with Gasteiger partial charge in [0.25, 0.3) is 0 Å². The minimum Gasteiger partial charge on any atom is -0.491 e. The predicted molar refractivity (Wildman–Crippen MR) is 98.4 cm³/mol. The van der Waals surface area contributed by atoms with Crippen molar-refractivity contribution in [3.05, 3.63) is 65.7 Å². The van der Waals surface area contributed by atoms with E-state index in [4.69, 9.17) is 9.47 Å². The molecule has 0 aliphatic rings. The summed E-state index contributed by atoms with van der Waals surface area (Å²) in [6.45, 7) is 10.00. The highest BCUT2D eigenvalue weighted by molar-refractivity contribution is 5.30. The first-order valence-electron chi connectivity index (χ1n) is 8.31.